The van der Waals surface area contributed by atoms with E-state index in [1.54, 1.807) is 0 Å². The van der Waals surface area contributed by atoms with Gasteiger partial charge in [0.05, 0.1) is 0 Å². The molecule has 29 heavy (non-hydrogen) atoms. The highest BCUT2D eigenvalue weighted by Gasteiger charge is 2.61. The van der Waals surface area contributed by atoms with Crippen molar-refractivity contribution in [1.82, 2.24) is 0 Å². The third kappa shape index (κ3) is 3.73. The Morgan fingerprint density at radius 3 is 2.41 bits per heavy atom. The number of allylic oxidation sites excluding steroid dienone is 1. The summed E-state index contributed by atoms with van der Waals surface area (Å²) in [6.45, 7) is 13.7. The second kappa shape index (κ2) is 7.63. The molecule has 0 aromatic rings. The van der Waals surface area contributed by atoms with E-state index in [4.69, 9.17) is 0 Å². The Balaban J connectivity index is 1.47. The van der Waals surface area contributed by atoms with E-state index in [9.17, 15) is 8.78 Å². The van der Waals surface area contributed by atoms with Crippen LogP contribution in [-0.4, -0.2) is 5.92 Å². The smallest absolute Gasteiger partial charge is 0.207 e. The molecule has 4 rings (SSSR count). The van der Waals surface area contributed by atoms with E-state index in [-0.39, 0.29) is 24.2 Å². The van der Waals surface area contributed by atoms with Crippen molar-refractivity contribution in [3.8, 4) is 0 Å². The van der Waals surface area contributed by atoms with Crippen LogP contribution in [0.4, 0.5) is 8.78 Å². The molecule has 0 saturated heterocycles. The van der Waals surface area contributed by atoms with Crippen molar-refractivity contribution in [1.29, 1.82) is 0 Å². The first-order valence-electron chi connectivity index (χ1n) is 12.6. The first-order valence-corrected chi connectivity index (χ1v) is 12.6. The summed E-state index contributed by atoms with van der Waals surface area (Å²) in [5.41, 5.74) is 1.99. The molecule has 0 nitrogen and oxygen atoms in total. The average molecular weight is 407 g/mol. The summed E-state index contributed by atoms with van der Waals surface area (Å²) in [6, 6.07) is 0. The van der Waals surface area contributed by atoms with Gasteiger partial charge in [0, 0.05) is 12.8 Å². The van der Waals surface area contributed by atoms with E-state index in [1.807, 2.05) is 0 Å². The summed E-state index contributed by atoms with van der Waals surface area (Å²) in [4.78, 5) is 0. The van der Waals surface area contributed by atoms with E-state index < -0.39 is 5.92 Å². The second-order valence-electron chi connectivity index (χ2n) is 12.3. The standard InChI is InChI=1S/C27H44F2/c1-18(2)7-6-8-19(3)22-11-12-23-21-10-9-20-17-27(28,29)16-15-25(20,4)24(21)13-14-26(22,23)5/h19-24H,1,6-17H2,2-5H3/t19-,20?,21+,22-,23+,24+,25+,26-/m1/s1. The normalized spacial score (nSPS) is 47.0. The molecule has 166 valence electrons. The van der Waals surface area contributed by atoms with Crippen LogP contribution < -0.4 is 0 Å². The number of fused-ring (bicyclic) bond motifs is 5. The minimum Gasteiger partial charge on any atom is -0.207 e. The Kier molecular flexibility index (Phi) is 5.74. The van der Waals surface area contributed by atoms with Gasteiger partial charge in [-0.25, -0.2) is 8.78 Å². The molecule has 0 spiro atoms. The van der Waals surface area contributed by atoms with Crippen molar-refractivity contribution >= 4 is 0 Å². The van der Waals surface area contributed by atoms with Crippen LogP contribution in [0.15, 0.2) is 12.2 Å². The van der Waals surface area contributed by atoms with E-state index in [0.717, 1.165) is 36.5 Å². The maximum atomic E-state index is 14.1. The van der Waals surface area contributed by atoms with E-state index in [1.165, 1.54) is 56.9 Å². The van der Waals surface area contributed by atoms with Gasteiger partial charge in [-0.3, -0.25) is 0 Å². The highest BCUT2D eigenvalue weighted by Crippen LogP contribution is 2.69. The van der Waals surface area contributed by atoms with Gasteiger partial charge in [-0.1, -0.05) is 32.8 Å². The molecule has 4 aliphatic rings. The molecule has 0 amide bonds. The summed E-state index contributed by atoms with van der Waals surface area (Å²) >= 11 is 0. The van der Waals surface area contributed by atoms with Crippen LogP contribution in [-0.2, 0) is 0 Å². The Morgan fingerprint density at radius 2 is 1.69 bits per heavy atom. The molecule has 2 heteroatoms. The first kappa shape index (κ1) is 21.8. The quantitative estimate of drug-likeness (QED) is 0.401. The number of hydrogen-bond donors (Lipinski definition) is 0. The number of hydrogen-bond acceptors (Lipinski definition) is 0. The minimum absolute atomic E-state index is 0.132. The lowest BCUT2D eigenvalue weighted by Crippen LogP contribution is -2.55. The van der Waals surface area contributed by atoms with Gasteiger partial charge in [0.25, 0.3) is 0 Å². The van der Waals surface area contributed by atoms with E-state index in [2.05, 4.69) is 34.3 Å². The van der Waals surface area contributed by atoms with Crippen molar-refractivity contribution in [3.63, 3.8) is 0 Å². The lowest BCUT2D eigenvalue weighted by Gasteiger charge is -2.61. The van der Waals surface area contributed by atoms with Crippen LogP contribution in [0.1, 0.15) is 105 Å². The fraction of sp³-hybridized carbons (Fsp3) is 0.926. The number of alkyl halides is 2. The van der Waals surface area contributed by atoms with Gasteiger partial charge in [-0.05, 0) is 111 Å². The lowest BCUT2D eigenvalue weighted by atomic mass is 9.44. The summed E-state index contributed by atoms with van der Waals surface area (Å²) in [7, 11) is 0. The Hall–Kier alpha value is -0.400. The molecule has 4 saturated carbocycles. The van der Waals surface area contributed by atoms with Gasteiger partial charge >= 0.3 is 0 Å². The summed E-state index contributed by atoms with van der Waals surface area (Å²) in [5.74, 6) is 1.87. The third-order valence-corrected chi connectivity index (χ3v) is 10.7. The van der Waals surface area contributed by atoms with Crippen LogP contribution in [0.5, 0.6) is 0 Å². The van der Waals surface area contributed by atoms with Gasteiger partial charge in [0.2, 0.25) is 5.92 Å². The van der Waals surface area contributed by atoms with Crippen LogP contribution in [0.3, 0.4) is 0 Å². The summed E-state index contributed by atoms with van der Waals surface area (Å²) in [5, 5.41) is 0. The fourth-order valence-electron chi connectivity index (χ4n) is 9.08. The molecule has 0 radical (unpaired) electrons. The predicted molar refractivity (Wildman–Crippen MR) is 118 cm³/mol. The van der Waals surface area contributed by atoms with Gasteiger partial charge in [0.15, 0.2) is 0 Å². The van der Waals surface area contributed by atoms with Crippen molar-refractivity contribution in [2.24, 2.45) is 46.3 Å². The molecular formula is C27H44F2. The van der Waals surface area contributed by atoms with Crippen molar-refractivity contribution in [3.05, 3.63) is 12.2 Å². The van der Waals surface area contributed by atoms with E-state index >= 15 is 0 Å². The molecule has 0 aliphatic heterocycles. The zero-order chi connectivity index (χ0) is 21.0. The third-order valence-electron chi connectivity index (χ3n) is 10.7. The summed E-state index contributed by atoms with van der Waals surface area (Å²) < 4.78 is 28.3. The molecule has 4 fully saturated rings. The monoisotopic (exact) mass is 406 g/mol. The topological polar surface area (TPSA) is 0 Å². The van der Waals surface area contributed by atoms with Crippen LogP contribution >= 0.6 is 0 Å². The Labute approximate surface area is 178 Å². The Morgan fingerprint density at radius 1 is 0.966 bits per heavy atom. The Bertz CT molecular complexity index is 624. The largest absolute Gasteiger partial charge is 0.248 e. The zero-order valence-electron chi connectivity index (χ0n) is 19.4. The zero-order valence-corrected chi connectivity index (χ0v) is 19.4. The molecule has 8 atom stereocenters. The number of rotatable bonds is 5. The molecular weight excluding hydrogens is 362 g/mol. The second-order valence-corrected chi connectivity index (χ2v) is 12.3. The van der Waals surface area contributed by atoms with Crippen molar-refractivity contribution < 1.29 is 8.78 Å². The lowest BCUT2D eigenvalue weighted by molar-refractivity contribution is -0.164. The minimum atomic E-state index is -2.40. The fourth-order valence-corrected chi connectivity index (χ4v) is 9.08. The van der Waals surface area contributed by atoms with Crippen molar-refractivity contribution in [2.75, 3.05) is 0 Å². The number of halogens is 2. The first-order chi connectivity index (χ1) is 13.6. The van der Waals surface area contributed by atoms with Crippen LogP contribution in [0, 0.1) is 46.3 Å². The molecule has 0 aromatic heterocycles. The molecule has 4 aliphatic carbocycles. The highest BCUT2D eigenvalue weighted by molar-refractivity contribution is 5.10. The van der Waals surface area contributed by atoms with Crippen molar-refractivity contribution in [2.45, 2.75) is 111 Å². The maximum absolute atomic E-state index is 14.1. The SMILES string of the molecule is C=C(C)CCC[C@@H](C)[C@H]1CC[C@H]2[C@@H]3CCC4CC(F)(F)CC[C@]4(C)[C@H]3CC[C@]12C. The highest BCUT2D eigenvalue weighted by atomic mass is 19.3. The molecule has 0 aromatic carbocycles. The summed E-state index contributed by atoms with van der Waals surface area (Å²) in [6.07, 6.45) is 12.6. The molecule has 0 N–H and O–H groups in total. The van der Waals surface area contributed by atoms with Gasteiger partial charge < -0.3 is 0 Å². The van der Waals surface area contributed by atoms with Gasteiger partial charge in [-0.15, -0.1) is 6.58 Å². The van der Waals surface area contributed by atoms with Gasteiger partial charge in [-0.2, -0.15) is 0 Å². The predicted octanol–water partition coefficient (Wildman–Crippen LogP) is 8.66. The van der Waals surface area contributed by atoms with Gasteiger partial charge in [0.1, 0.15) is 0 Å². The maximum Gasteiger partial charge on any atom is 0.248 e. The van der Waals surface area contributed by atoms with Crippen LogP contribution in [0.2, 0.25) is 0 Å². The molecule has 0 heterocycles. The van der Waals surface area contributed by atoms with E-state index in [0.29, 0.717) is 11.3 Å². The molecule has 0 bridgehead atoms. The average Bonchev–Trinajstić information content (AvgIpc) is 2.99. The molecule has 1 unspecified atom stereocenters. The van der Waals surface area contributed by atoms with Crippen LogP contribution in [0.25, 0.3) is 0 Å².